The summed E-state index contributed by atoms with van der Waals surface area (Å²) in [6, 6.07) is 4.70. The number of amides is 1. The van der Waals surface area contributed by atoms with Crippen LogP contribution >= 0.6 is 0 Å². The molecule has 0 saturated heterocycles. The van der Waals surface area contributed by atoms with Gasteiger partial charge in [-0.2, -0.15) is 10.1 Å². The monoisotopic (exact) mass is 418 g/mol. The van der Waals surface area contributed by atoms with E-state index in [-0.39, 0.29) is 12.3 Å². The van der Waals surface area contributed by atoms with Crippen LogP contribution in [0.4, 0.5) is 11.4 Å². The lowest BCUT2D eigenvalue weighted by atomic mass is 10.1. The number of aromatic nitrogens is 4. The molecule has 0 bridgehead atoms. The maximum atomic E-state index is 12.4. The number of hydrogen-bond acceptors (Lipinski definition) is 7. The highest BCUT2D eigenvalue weighted by molar-refractivity contribution is 7.92. The molecule has 154 valence electrons. The number of anilines is 2. The molecule has 0 aliphatic rings. The second-order valence-corrected chi connectivity index (χ2v) is 8.32. The number of nitrogens with one attached hydrogen (secondary N) is 2. The molecule has 0 aliphatic heterocycles. The van der Waals surface area contributed by atoms with Crippen molar-refractivity contribution in [2.24, 2.45) is 0 Å². The Hall–Kier alpha value is -3.21. The first-order valence-electron chi connectivity index (χ1n) is 8.79. The lowest BCUT2D eigenvalue weighted by molar-refractivity contribution is -0.116. The number of sulfonamides is 1. The summed E-state index contributed by atoms with van der Waals surface area (Å²) in [6.07, 6.45) is 3.24. The quantitative estimate of drug-likeness (QED) is 0.597. The Balaban J connectivity index is 1.70. The summed E-state index contributed by atoms with van der Waals surface area (Å²) in [6.45, 7) is 3.80. The Morgan fingerprint density at radius 1 is 1.28 bits per heavy atom. The van der Waals surface area contributed by atoms with Gasteiger partial charge < -0.3 is 10.1 Å². The van der Waals surface area contributed by atoms with Gasteiger partial charge in [0.15, 0.2) is 0 Å². The van der Waals surface area contributed by atoms with Crippen LogP contribution in [0.5, 0.6) is 5.75 Å². The molecule has 1 aromatic carbocycles. The summed E-state index contributed by atoms with van der Waals surface area (Å²) in [4.78, 5) is 20.9. The smallest absolute Gasteiger partial charge is 0.252 e. The molecule has 0 spiro atoms. The van der Waals surface area contributed by atoms with Crippen molar-refractivity contribution in [1.29, 1.82) is 0 Å². The third-order valence-electron chi connectivity index (χ3n) is 4.37. The Bertz CT molecular complexity index is 1170. The van der Waals surface area contributed by atoms with E-state index in [2.05, 4.69) is 25.1 Å². The van der Waals surface area contributed by atoms with E-state index in [1.807, 2.05) is 13.8 Å². The van der Waals surface area contributed by atoms with Crippen molar-refractivity contribution >= 4 is 33.1 Å². The van der Waals surface area contributed by atoms with Crippen molar-refractivity contribution in [3.05, 3.63) is 41.5 Å². The number of carbonyl (C=O) groups is 1. The molecule has 3 aromatic rings. The van der Waals surface area contributed by atoms with E-state index in [9.17, 15) is 13.2 Å². The van der Waals surface area contributed by atoms with E-state index in [0.717, 1.165) is 23.2 Å². The second kappa shape index (κ2) is 8.03. The zero-order chi connectivity index (χ0) is 21.2. The van der Waals surface area contributed by atoms with Gasteiger partial charge in [0, 0.05) is 29.6 Å². The van der Waals surface area contributed by atoms with Gasteiger partial charge in [0.2, 0.25) is 15.9 Å². The summed E-state index contributed by atoms with van der Waals surface area (Å²) >= 11 is 0. The van der Waals surface area contributed by atoms with Gasteiger partial charge in [0.05, 0.1) is 19.1 Å². The molecule has 2 N–H and O–H groups in total. The molecular formula is C18H22N6O4S. The number of hydrogen-bond donors (Lipinski definition) is 2. The zero-order valence-electron chi connectivity index (χ0n) is 16.6. The van der Waals surface area contributed by atoms with Gasteiger partial charge in [-0.25, -0.2) is 17.9 Å². The maximum absolute atomic E-state index is 12.4. The van der Waals surface area contributed by atoms with Crippen molar-refractivity contribution in [3.63, 3.8) is 0 Å². The van der Waals surface area contributed by atoms with Crippen molar-refractivity contribution in [3.8, 4) is 5.75 Å². The zero-order valence-corrected chi connectivity index (χ0v) is 17.4. The number of ether oxygens (including phenoxy) is 1. The number of rotatable bonds is 7. The van der Waals surface area contributed by atoms with Crippen molar-refractivity contribution in [1.82, 2.24) is 19.6 Å². The first-order chi connectivity index (χ1) is 13.7. The Kier molecular flexibility index (Phi) is 5.69. The van der Waals surface area contributed by atoms with Crippen LogP contribution in [0.15, 0.2) is 24.5 Å². The average Bonchev–Trinajstić information content (AvgIpc) is 3.10. The molecule has 10 nitrogen and oxygen atoms in total. The molecule has 0 saturated carbocycles. The summed E-state index contributed by atoms with van der Waals surface area (Å²) in [7, 11) is -2.02. The van der Waals surface area contributed by atoms with Crippen molar-refractivity contribution in [2.45, 2.75) is 26.7 Å². The number of nitrogens with zero attached hydrogens (tertiary/aromatic N) is 4. The van der Waals surface area contributed by atoms with E-state index in [1.165, 1.54) is 19.5 Å². The molecule has 2 aromatic heterocycles. The van der Waals surface area contributed by atoms with E-state index < -0.39 is 10.0 Å². The standard InChI is InChI=1S/C18H22N6O4S/c1-11-14(12(2)24-18(21-11)19-10-20-24)6-8-17(25)22-13-5-7-15(16(9-13)28-3)23-29(4,26)27/h5,7,9-10,23H,6,8H2,1-4H3,(H,22,25). The minimum absolute atomic E-state index is 0.187. The van der Waals surface area contributed by atoms with Crippen molar-refractivity contribution in [2.75, 3.05) is 23.4 Å². The van der Waals surface area contributed by atoms with Crippen LogP contribution in [0.2, 0.25) is 0 Å². The third-order valence-corrected chi connectivity index (χ3v) is 4.96. The fourth-order valence-corrected chi connectivity index (χ4v) is 3.60. The molecule has 0 radical (unpaired) electrons. The fraction of sp³-hybridized carbons (Fsp3) is 0.333. The Labute approximate surface area is 168 Å². The van der Waals surface area contributed by atoms with Crippen LogP contribution in [-0.4, -0.2) is 47.3 Å². The summed E-state index contributed by atoms with van der Waals surface area (Å²) in [5.74, 6) is 0.650. The number of benzene rings is 1. The van der Waals surface area contributed by atoms with Gasteiger partial charge in [-0.15, -0.1) is 0 Å². The first-order valence-corrected chi connectivity index (χ1v) is 10.7. The lowest BCUT2D eigenvalue weighted by Gasteiger charge is -2.13. The summed E-state index contributed by atoms with van der Waals surface area (Å²) in [5.41, 5.74) is 3.46. The highest BCUT2D eigenvalue weighted by atomic mass is 32.2. The van der Waals surface area contributed by atoms with Gasteiger partial charge in [0.25, 0.3) is 5.78 Å². The number of carbonyl (C=O) groups excluding carboxylic acids is 1. The maximum Gasteiger partial charge on any atom is 0.252 e. The van der Waals surface area contributed by atoms with E-state index >= 15 is 0 Å². The Morgan fingerprint density at radius 3 is 2.72 bits per heavy atom. The number of fused-ring (bicyclic) bond motifs is 1. The summed E-state index contributed by atoms with van der Waals surface area (Å²) < 4.78 is 32.1. The lowest BCUT2D eigenvalue weighted by Crippen LogP contribution is -2.15. The molecule has 1 amide bonds. The molecule has 0 unspecified atom stereocenters. The first kappa shape index (κ1) is 20.5. The van der Waals surface area contributed by atoms with Crippen LogP contribution in [0.3, 0.4) is 0 Å². The predicted octanol–water partition coefficient (Wildman–Crippen LogP) is 1.69. The van der Waals surface area contributed by atoms with Gasteiger partial charge in [0.1, 0.15) is 12.1 Å². The van der Waals surface area contributed by atoms with E-state index in [4.69, 9.17) is 4.74 Å². The Morgan fingerprint density at radius 2 is 2.03 bits per heavy atom. The molecule has 11 heteroatoms. The molecule has 0 atom stereocenters. The van der Waals surface area contributed by atoms with Gasteiger partial charge >= 0.3 is 0 Å². The predicted molar refractivity (Wildman–Crippen MR) is 109 cm³/mol. The number of methoxy groups -OCH3 is 1. The normalized spacial score (nSPS) is 11.4. The van der Waals surface area contributed by atoms with Crippen LogP contribution in [-0.2, 0) is 21.2 Å². The SMILES string of the molecule is COc1cc(NC(=O)CCc2c(C)nc3ncnn3c2C)ccc1NS(C)(=O)=O. The van der Waals surface area contributed by atoms with Crippen LogP contribution in [0, 0.1) is 13.8 Å². The molecule has 2 heterocycles. The highest BCUT2D eigenvalue weighted by Gasteiger charge is 2.14. The van der Waals surface area contributed by atoms with Crippen molar-refractivity contribution < 1.29 is 17.9 Å². The number of aryl methyl sites for hydroxylation is 2. The highest BCUT2D eigenvalue weighted by Crippen LogP contribution is 2.28. The largest absolute Gasteiger partial charge is 0.494 e. The second-order valence-electron chi connectivity index (χ2n) is 6.57. The molecular weight excluding hydrogens is 396 g/mol. The fourth-order valence-electron chi connectivity index (χ4n) is 3.03. The molecule has 29 heavy (non-hydrogen) atoms. The van der Waals surface area contributed by atoms with Crippen LogP contribution in [0.25, 0.3) is 5.78 Å². The molecule has 3 rings (SSSR count). The van der Waals surface area contributed by atoms with Gasteiger partial charge in [-0.3, -0.25) is 9.52 Å². The minimum atomic E-state index is -3.44. The topological polar surface area (TPSA) is 128 Å². The average molecular weight is 418 g/mol. The molecule has 0 aliphatic carbocycles. The van der Waals surface area contributed by atoms with Gasteiger partial charge in [-0.1, -0.05) is 0 Å². The van der Waals surface area contributed by atoms with Gasteiger partial charge in [-0.05, 0) is 38.0 Å². The summed E-state index contributed by atoms with van der Waals surface area (Å²) in [5, 5.41) is 6.94. The minimum Gasteiger partial charge on any atom is -0.494 e. The van der Waals surface area contributed by atoms with E-state index in [0.29, 0.717) is 29.3 Å². The van der Waals surface area contributed by atoms with Crippen LogP contribution < -0.4 is 14.8 Å². The van der Waals surface area contributed by atoms with E-state index in [1.54, 1.807) is 16.6 Å². The molecule has 0 fully saturated rings. The van der Waals surface area contributed by atoms with Crippen LogP contribution in [0.1, 0.15) is 23.4 Å². The third kappa shape index (κ3) is 4.80.